The molecule has 1 aromatic heterocycles. The van der Waals surface area contributed by atoms with Crippen LogP contribution in [0.2, 0.25) is 0 Å². The number of imide groups is 1. The van der Waals surface area contributed by atoms with Crippen LogP contribution in [-0.4, -0.2) is 57.0 Å². The molecule has 1 saturated heterocycles. The van der Waals surface area contributed by atoms with Crippen molar-refractivity contribution >= 4 is 45.8 Å². The van der Waals surface area contributed by atoms with Gasteiger partial charge in [0.15, 0.2) is 0 Å². The minimum Gasteiger partial charge on any atom is -0.378 e. The predicted octanol–water partition coefficient (Wildman–Crippen LogP) is 3.92. The Bertz CT molecular complexity index is 1180. The fraction of sp³-hybridized carbons (Fsp3) is 0.231. The van der Waals surface area contributed by atoms with Crippen LogP contribution in [0.25, 0.3) is 5.57 Å². The first-order chi connectivity index (χ1) is 16.0. The van der Waals surface area contributed by atoms with Gasteiger partial charge in [-0.15, -0.1) is 11.3 Å². The summed E-state index contributed by atoms with van der Waals surface area (Å²) in [6.07, 6.45) is 0. The van der Waals surface area contributed by atoms with Crippen molar-refractivity contribution < 1.29 is 9.59 Å². The summed E-state index contributed by atoms with van der Waals surface area (Å²) in [5.74, 6) is -0.491. The molecule has 2 amide bonds. The van der Waals surface area contributed by atoms with Gasteiger partial charge in [0.25, 0.3) is 11.8 Å². The molecule has 0 unspecified atom stereocenters. The highest BCUT2D eigenvalue weighted by molar-refractivity contribution is 7.11. The quantitative estimate of drug-likeness (QED) is 0.543. The van der Waals surface area contributed by atoms with E-state index >= 15 is 0 Å². The number of amides is 2. The average Bonchev–Trinajstić information content (AvgIpc) is 3.46. The van der Waals surface area contributed by atoms with Crippen LogP contribution in [0.3, 0.4) is 0 Å². The molecule has 5 rings (SSSR count). The Hall–Kier alpha value is -3.58. The standard InChI is InChI=1S/C26H26N4O2S/c1-27(2)19-10-12-21(13-11-19)30-25(31)23(22-9-6-18-33-22)24(26(30)32)29-16-14-28(15-17-29)20-7-4-3-5-8-20/h3-13,18H,14-17H2,1-2H3. The first-order valence-corrected chi connectivity index (χ1v) is 11.9. The zero-order valence-electron chi connectivity index (χ0n) is 18.8. The van der Waals surface area contributed by atoms with Gasteiger partial charge in [-0.05, 0) is 47.8 Å². The summed E-state index contributed by atoms with van der Waals surface area (Å²) in [6.45, 7) is 2.96. The van der Waals surface area contributed by atoms with E-state index in [1.165, 1.54) is 21.9 Å². The number of anilines is 3. The number of nitrogens with zero attached hydrogens (tertiary/aromatic N) is 4. The van der Waals surface area contributed by atoms with Crippen molar-refractivity contribution in [3.63, 3.8) is 0 Å². The van der Waals surface area contributed by atoms with Crippen LogP contribution in [0.15, 0.2) is 77.8 Å². The van der Waals surface area contributed by atoms with Crippen LogP contribution < -0.4 is 14.7 Å². The fourth-order valence-electron chi connectivity index (χ4n) is 4.42. The number of piperazine rings is 1. The first kappa shape index (κ1) is 21.3. The van der Waals surface area contributed by atoms with Crippen LogP contribution in [0, 0.1) is 0 Å². The third kappa shape index (κ3) is 3.89. The van der Waals surface area contributed by atoms with E-state index in [4.69, 9.17) is 0 Å². The molecule has 3 aromatic rings. The van der Waals surface area contributed by atoms with Gasteiger partial charge < -0.3 is 14.7 Å². The molecule has 2 aliphatic rings. The number of rotatable bonds is 5. The smallest absolute Gasteiger partial charge is 0.282 e. The molecule has 6 nitrogen and oxygen atoms in total. The van der Waals surface area contributed by atoms with Crippen molar-refractivity contribution in [1.82, 2.24) is 4.90 Å². The highest BCUT2D eigenvalue weighted by Gasteiger charge is 2.43. The second kappa shape index (κ2) is 8.75. The van der Waals surface area contributed by atoms with Crippen molar-refractivity contribution in [2.45, 2.75) is 0 Å². The lowest BCUT2D eigenvalue weighted by atomic mass is 10.1. The van der Waals surface area contributed by atoms with Gasteiger partial charge >= 0.3 is 0 Å². The van der Waals surface area contributed by atoms with Crippen molar-refractivity contribution in [3.8, 4) is 0 Å². The van der Waals surface area contributed by atoms with Crippen LogP contribution in [0.5, 0.6) is 0 Å². The Labute approximate surface area is 197 Å². The predicted molar refractivity (Wildman–Crippen MR) is 135 cm³/mol. The van der Waals surface area contributed by atoms with E-state index in [-0.39, 0.29) is 11.8 Å². The van der Waals surface area contributed by atoms with E-state index in [0.29, 0.717) is 30.0 Å². The van der Waals surface area contributed by atoms with Crippen molar-refractivity contribution in [2.24, 2.45) is 0 Å². The maximum atomic E-state index is 13.7. The molecule has 2 aliphatic heterocycles. The van der Waals surface area contributed by atoms with Crippen LogP contribution in [0.4, 0.5) is 17.1 Å². The topological polar surface area (TPSA) is 47.1 Å². The molecule has 33 heavy (non-hydrogen) atoms. The summed E-state index contributed by atoms with van der Waals surface area (Å²) in [6, 6.07) is 21.7. The van der Waals surface area contributed by atoms with E-state index in [2.05, 4.69) is 21.9 Å². The number of carbonyl (C=O) groups is 2. The molecule has 1 fully saturated rings. The molecule has 0 atom stereocenters. The SMILES string of the molecule is CN(C)c1ccc(N2C(=O)C(c3cccs3)=C(N3CCN(c4ccccc4)CC3)C2=O)cc1. The van der Waals surface area contributed by atoms with E-state index < -0.39 is 0 Å². The van der Waals surface area contributed by atoms with E-state index in [9.17, 15) is 9.59 Å². The summed E-state index contributed by atoms with van der Waals surface area (Å²) in [5.41, 5.74) is 3.83. The molecule has 0 bridgehead atoms. The molecule has 3 heterocycles. The zero-order chi connectivity index (χ0) is 22.9. The van der Waals surface area contributed by atoms with Crippen LogP contribution in [0.1, 0.15) is 4.88 Å². The minimum absolute atomic E-state index is 0.242. The molecule has 0 N–H and O–H groups in total. The van der Waals surface area contributed by atoms with Crippen LogP contribution >= 0.6 is 11.3 Å². The number of hydrogen-bond donors (Lipinski definition) is 0. The van der Waals surface area contributed by atoms with Gasteiger partial charge in [-0.1, -0.05) is 24.3 Å². The summed E-state index contributed by atoms with van der Waals surface area (Å²) in [5, 5.41) is 1.94. The third-order valence-electron chi connectivity index (χ3n) is 6.17. The molecule has 168 valence electrons. The second-order valence-corrected chi connectivity index (χ2v) is 9.31. The largest absolute Gasteiger partial charge is 0.378 e. The highest BCUT2D eigenvalue weighted by atomic mass is 32.1. The maximum Gasteiger partial charge on any atom is 0.282 e. The third-order valence-corrected chi connectivity index (χ3v) is 7.06. The fourth-order valence-corrected chi connectivity index (χ4v) is 5.18. The van der Waals surface area contributed by atoms with Crippen molar-refractivity contribution in [2.75, 3.05) is 55.0 Å². The highest BCUT2D eigenvalue weighted by Crippen LogP contribution is 2.37. The zero-order valence-corrected chi connectivity index (χ0v) is 19.6. The van der Waals surface area contributed by atoms with Gasteiger partial charge in [-0.3, -0.25) is 9.59 Å². The molecule has 7 heteroatoms. The lowest BCUT2D eigenvalue weighted by molar-refractivity contribution is -0.120. The number of carbonyl (C=O) groups excluding carboxylic acids is 2. The second-order valence-electron chi connectivity index (χ2n) is 8.37. The number of benzene rings is 2. The van der Waals surface area contributed by atoms with Gasteiger partial charge in [-0.25, -0.2) is 4.90 Å². The number of hydrogen-bond acceptors (Lipinski definition) is 6. The Morgan fingerprint density at radius 1 is 0.727 bits per heavy atom. The van der Waals surface area contributed by atoms with E-state index in [0.717, 1.165) is 23.7 Å². The van der Waals surface area contributed by atoms with Gasteiger partial charge in [0.05, 0.1) is 11.3 Å². The molecule has 0 radical (unpaired) electrons. The minimum atomic E-state index is -0.249. The Kier molecular flexibility index (Phi) is 5.64. The first-order valence-electron chi connectivity index (χ1n) is 11.0. The van der Waals surface area contributed by atoms with Gasteiger partial charge in [0, 0.05) is 56.5 Å². The molecule has 2 aromatic carbocycles. The monoisotopic (exact) mass is 458 g/mol. The normalized spacial score (nSPS) is 16.7. The summed E-state index contributed by atoms with van der Waals surface area (Å²) >= 11 is 1.49. The van der Waals surface area contributed by atoms with Crippen molar-refractivity contribution in [1.29, 1.82) is 0 Å². The van der Waals surface area contributed by atoms with E-state index in [1.54, 1.807) is 0 Å². The molecule has 0 aliphatic carbocycles. The number of para-hydroxylation sites is 1. The molecule has 0 spiro atoms. The summed E-state index contributed by atoms with van der Waals surface area (Å²) in [7, 11) is 3.93. The summed E-state index contributed by atoms with van der Waals surface area (Å²) < 4.78 is 0. The van der Waals surface area contributed by atoms with Gasteiger partial charge in [0.2, 0.25) is 0 Å². The lowest BCUT2D eigenvalue weighted by Gasteiger charge is -2.37. The van der Waals surface area contributed by atoms with E-state index in [1.807, 2.05) is 79.0 Å². The Morgan fingerprint density at radius 2 is 1.39 bits per heavy atom. The number of thiophene rings is 1. The molecular formula is C26H26N4O2S. The maximum absolute atomic E-state index is 13.7. The van der Waals surface area contributed by atoms with Crippen LogP contribution in [-0.2, 0) is 9.59 Å². The Morgan fingerprint density at radius 3 is 2.00 bits per heavy atom. The summed E-state index contributed by atoms with van der Waals surface area (Å²) in [4.78, 5) is 35.8. The average molecular weight is 459 g/mol. The Balaban J connectivity index is 1.45. The van der Waals surface area contributed by atoms with Gasteiger partial charge in [-0.2, -0.15) is 0 Å². The van der Waals surface area contributed by atoms with Gasteiger partial charge in [0.1, 0.15) is 5.70 Å². The molecular weight excluding hydrogens is 432 g/mol. The van der Waals surface area contributed by atoms with Crippen molar-refractivity contribution in [3.05, 3.63) is 82.7 Å². The lowest BCUT2D eigenvalue weighted by Crippen LogP contribution is -2.47. The molecule has 0 saturated carbocycles.